The lowest BCUT2D eigenvalue weighted by Gasteiger charge is -2.19. The Labute approximate surface area is 173 Å². The first-order valence-electron chi connectivity index (χ1n) is 8.48. The van der Waals surface area contributed by atoms with E-state index in [1.165, 1.54) is 0 Å². The number of hydrogen-bond donors (Lipinski definition) is 2. The van der Waals surface area contributed by atoms with Crippen LogP contribution in [0.5, 0.6) is 0 Å². The summed E-state index contributed by atoms with van der Waals surface area (Å²) in [5, 5.41) is 10.9. The molecule has 0 aliphatic rings. The summed E-state index contributed by atoms with van der Waals surface area (Å²) in [6, 6.07) is 1.62. The Kier molecular flexibility index (Phi) is 6.81. The summed E-state index contributed by atoms with van der Waals surface area (Å²) in [7, 11) is 0. The molecule has 2 aromatic carbocycles. The molecule has 2 rings (SSSR count). The zero-order valence-electron chi connectivity index (χ0n) is 15.5. The summed E-state index contributed by atoms with van der Waals surface area (Å²) in [5.41, 5.74) is -6.55. The van der Waals surface area contributed by atoms with Gasteiger partial charge in [-0.15, -0.1) is 0 Å². The lowest BCUT2D eigenvalue weighted by molar-refractivity contribution is -0.143. The molecule has 0 unspecified atom stereocenters. The molecule has 0 bridgehead atoms. The van der Waals surface area contributed by atoms with E-state index in [1.807, 2.05) is 0 Å². The summed E-state index contributed by atoms with van der Waals surface area (Å²) >= 11 is 0. The molecule has 13 heteroatoms. The highest BCUT2D eigenvalue weighted by Gasteiger charge is 2.38. The van der Waals surface area contributed by atoms with Gasteiger partial charge in [0, 0.05) is 12.0 Å². The van der Waals surface area contributed by atoms with Crippen molar-refractivity contribution < 1.29 is 54.2 Å². The van der Waals surface area contributed by atoms with Gasteiger partial charge in [-0.2, -0.15) is 39.5 Å². The summed E-state index contributed by atoms with van der Waals surface area (Å²) in [6.45, 7) is 0. The fourth-order valence-corrected chi connectivity index (χ4v) is 2.72. The van der Waals surface area contributed by atoms with Gasteiger partial charge in [0.15, 0.2) is 0 Å². The van der Waals surface area contributed by atoms with Crippen molar-refractivity contribution in [3.05, 3.63) is 70.3 Å². The van der Waals surface area contributed by atoms with Gasteiger partial charge in [0.2, 0.25) is 0 Å². The number of amides is 1. The van der Waals surface area contributed by atoms with Crippen molar-refractivity contribution in [3.63, 3.8) is 0 Å². The Morgan fingerprint density at radius 3 is 1.75 bits per heavy atom. The molecule has 1 amide bonds. The molecular weight excluding hydrogens is 461 g/mol. The molecule has 0 aromatic heterocycles. The van der Waals surface area contributed by atoms with Crippen LogP contribution in [0.3, 0.4) is 0 Å². The molecule has 1 atom stereocenters. The number of rotatable bonds is 5. The van der Waals surface area contributed by atoms with Crippen molar-refractivity contribution in [1.29, 1.82) is 0 Å². The van der Waals surface area contributed by atoms with Crippen LogP contribution >= 0.6 is 0 Å². The van der Waals surface area contributed by atoms with E-state index in [0.29, 0.717) is 6.07 Å². The van der Waals surface area contributed by atoms with Gasteiger partial charge >= 0.3 is 24.5 Å². The summed E-state index contributed by atoms with van der Waals surface area (Å²) in [4.78, 5) is 23.7. The van der Waals surface area contributed by atoms with Crippen LogP contribution in [0.25, 0.3) is 0 Å². The first-order chi connectivity index (χ1) is 14.5. The second-order valence-electron chi connectivity index (χ2n) is 6.52. The minimum atomic E-state index is -5.26. The Balaban J connectivity index is 2.40. The summed E-state index contributed by atoms with van der Waals surface area (Å²) < 4.78 is 117. The predicted octanol–water partition coefficient (Wildman–Crippen LogP) is 5.17. The van der Waals surface area contributed by atoms with Gasteiger partial charge < -0.3 is 10.4 Å². The molecular formula is C19H12F9NO3. The van der Waals surface area contributed by atoms with E-state index in [9.17, 15) is 54.2 Å². The maximum absolute atomic E-state index is 13.1. The fraction of sp³-hybridized carbons (Fsp3) is 0.263. The molecule has 174 valence electrons. The zero-order valence-corrected chi connectivity index (χ0v) is 15.5. The van der Waals surface area contributed by atoms with E-state index < -0.39 is 70.7 Å². The van der Waals surface area contributed by atoms with Gasteiger partial charge in [-0.05, 0) is 29.8 Å². The van der Waals surface area contributed by atoms with Crippen LogP contribution in [0, 0.1) is 0 Å². The van der Waals surface area contributed by atoms with Crippen molar-refractivity contribution in [2.24, 2.45) is 0 Å². The Hall–Kier alpha value is -3.25. The molecule has 0 fully saturated rings. The van der Waals surface area contributed by atoms with Crippen LogP contribution in [0.1, 0.15) is 32.6 Å². The van der Waals surface area contributed by atoms with Crippen LogP contribution in [0.2, 0.25) is 0 Å². The number of alkyl halides is 9. The molecule has 0 spiro atoms. The normalized spacial score (nSPS) is 13.5. The second kappa shape index (κ2) is 8.71. The van der Waals surface area contributed by atoms with Crippen molar-refractivity contribution >= 4 is 11.9 Å². The number of carbonyl (C=O) groups excluding carboxylic acids is 1. The monoisotopic (exact) mass is 473 g/mol. The van der Waals surface area contributed by atoms with Crippen LogP contribution in [0.15, 0.2) is 42.5 Å². The third-order valence-electron chi connectivity index (χ3n) is 4.20. The lowest BCUT2D eigenvalue weighted by atomic mass is 9.99. The fourth-order valence-electron chi connectivity index (χ4n) is 2.72. The number of aliphatic carboxylic acids is 1. The molecule has 4 nitrogen and oxygen atoms in total. The van der Waals surface area contributed by atoms with Gasteiger partial charge in [0.1, 0.15) is 6.04 Å². The summed E-state index contributed by atoms with van der Waals surface area (Å²) in [6.07, 6.45) is -16.3. The smallest absolute Gasteiger partial charge is 0.416 e. The number of carboxylic acids is 1. The van der Waals surface area contributed by atoms with Crippen LogP contribution in [-0.2, 0) is 29.7 Å². The number of halogens is 9. The second-order valence-corrected chi connectivity index (χ2v) is 6.52. The molecule has 0 aliphatic carbocycles. The SMILES string of the molecule is O=C(N[C@H](Cc1ccccc1C(F)(F)F)C(=O)O)c1cc(C(F)(F)F)cc(C(F)(F)F)c1. The van der Waals surface area contributed by atoms with E-state index in [-0.39, 0.29) is 18.2 Å². The third-order valence-corrected chi connectivity index (χ3v) is 4.20. The average Bonchev–Trinajstić information content (AvgIpc) is 2.65. The van der Waals surface area contributed by atoms with Gasteiger partial charge in [-0.3, -0.25) is 4.79 Å². The van der Waals surface area contributed by atoms with E-state index in [1.54, 1.807) is 5.32 Å². The number of nitrogens with one attached hydrogen (secondary N) is 1. The van der Waals surface area contributed by atoms with Gasteiger partial charge in [0.25, 0.3) is 5.91 Å². The van der Waals surface area contributed by atoms with Crippen LogP contribution in [0.4, 0.5) is 39.5 Å². The van der Waals surface area contributed by atoms with Crippen molar-refractivity contribution in [2.45, 2.75) is 31.0 Å². The van der Waals surface area contributed by atoms with Crippen molar-refractivity contribution in [1.82, 2.24) is 5.32 Å². The summed E-state index contributed by atoms with van der Waals surface area (Å²) in [5.74, 6) is -3.49. The van der Waals surface area contributed by atoms with Crippen LogP contribution in [-0.4, -0.2) is 23.0 Å². The topological polar surface area (TPSA) is 66.4 Å². The number of carbonyl (C=O) groups is 2. The Morgan fingerprint density at radius 2 is 1.31 bits per heavy atom. The predicted molar refractivity (Wildman–Crippen MR) is 90.5 cm³/mol. The van der Waals surface area contributed by atoms with E-state index in [0.717, 1.165) is 18.2 Å². The van der Waals surface area contributed by atoms with Crippen LogP contribution < -0.4 is 5.32 Å². The highest BCUT2D eigenvalue weighted by atomic mass is 19.4. The third kappa shape index (κ3) is 6.14. The molecule has 32 heavy (non-hydrogen) atoms. The molecule has 2 N–H and O–H groups in total. The zero-order chi connectivity index (χ0) is 24.5. The van der Waals surface area contributed by atoms with E-state index >= 15 is 0 Å². The molecule has 0 radical (unpaired) electrons. The standard InChI is InChI=1S/C19H12F9NO3/c20-17(21,22)11-5-10(6-12(8-11)18(23,24)25)15(30)29-14(16(31)32)7-9-3-1-2-4-13(9)19(26,27)28/h1-6,8,14H,7H2,(H,29,30)(H,31,32)/t14-/m1/s1. The first-order valence-corrected chi connectivity index (χ1v) is 8.48. The maximum Gasteiger partial charge on any atom is 0.416 e. The van der Waals surface area contributed by atoms with Gasteiger partial charge in [-0.25, -0.2) is 4.79 Å². The quantitative estimate of drug-likeness (QED) is 0.590. The van der Waals surface area contributed by atoms with Gasteiger partial charge in [0.05, 0.1) is 16.7 Å². The molecule has 2 aromatic rings. The largest absolute Gasteiger partial charge is 0.480 e. The molecule has 0 saturated heterocycles. The average molecular weight is 473 g/mol. The minimum absolute atomic E-state index is 0.0765. The minimum Gasteiger partial charge on any atom is -0.480 e. The molecule has 0 heterocycles. The van der Waals surface area contributed by atoms with E-state index in [4.69, 9.17) is 0 Å². The number of carboxylic acid groups (broad SMARTS) is 1. The Bertz CT molecular complexity index is 978. The van der Waals surface area contributed by atoms with Crippen molar-refractivity contribution in [3.8, 4) is 0 Å². The maximum atomic E-state index is 13.1. The molecule has 0 aliphatic heterocycles. The first kappa shape index (κ1) is 25.0. The molecule has 0 saturated carbocycles. The highest BCUT2D eigenvalue weighted by Crippen LogP contribution is 2.36. The van der Waals surface area contributed by atoms with Crippen molar-refractivity contribution in [2.75, 3.05) is 0 Å². The number of benzene rings is 2. The van der Waals surface area contributed by atoms with E-state index in [2.05, 4.69) is 0 Å². The Morgan fingerprint density at radius 1 is 0.812 bits per heavy atom. The lowest BCUT2D eigenvalue weighted by Crippen LogP contribution is -2.42. The number of hydrogen-bond acceptors (Lipinski definition) is 2. The highest BCUT2D eigenvalue weighted by molar-refractivity contribution is 5.97. The van der Waals surface area contributed by atoms with Gasteiger partial charge in [-0.1, -0.05) is 18.2 Å².